The van der Waals surface area contributed by atoms with Gasteiger partial charge in [0.2, 0.25) is 23.5 Å². The molecule has 0 bridgehead atoms. The number of nitrogens with zero attached hydrogens (tertiary/aromatic N) is 4. The molecule has 1 atom stereocenters. The van der Waals surface area contributed by atoms with Gasteiger partial charge in [-0.25, -0.2) is 4.68 Å². The highest BCUT2D eigenvalue weighted by molar-refractivity contribution is 7.92. The third-order valence-electron chi connectivity index (χ3n) is 3.56. The van der Waals surface area contributed by atoms with Crippen molar-refractivity contribution in [2.45, 2.75) is 16.6 Å². The van der Waals surface area contributed by atoms with E-state index in [2.05, 4.69) is 19.8 Å². The predicted molar refractivity (Wildman–Crippen MR) is 94.0 cm³/mol. The quantitative estimate of drug-likeness (QED) is 0.310. The van der Waals surface area contributed by atoms with Crippen molar-refractivity contribution in [3.63, 3.8) is 0 Å². The maximum Gasteiger partial charge on any atom is 0.578 e. The molecule has 0 aliphatic heterocycles. The number of halogens is 8. The SMILES string of the molecule is O=CNc1c([S+]([O-])C(F)(F)F)c(-c2ncon2)nn1-c1c(Cl)cc(C(F)(F)F)cc1Cl. The number of nitrogens with one attached hydrogen (secondary N) is 1. The number of hydrogen-bond donors (Lipinski definition) is 1. The molecule has 0 saturated heterocycles. The highest BCUT2D eigenvalue weighted by atomic mass is 35.5. The molecular formula is C14H5Cl2F6N5O3S. The van der Waals surface area contributed by atoms with Crippen LogP contribution in [0, 0.1) is 0 Å². The molecule has 1 unspecified atom stereocenters. The molecule has 166 valence electrons. The number of carbonyl (C=O) groups is 1. The summed E-state index contributed by atoms with van der Waals surface area (Å²) < 4.78 is 95.7. The summed E-state index contributed by atoms with van der Waals surface area (Å²) in [6, 6.07) is 0.896. The van der Waals surface area contributed by atoms with Gasteiger partial charge in [0.15, 0.2) is 11.5 Å². The number of amides is 1. The van der Waals surface area contributed by atoms with Crippen LogP contribution in [-0.2, 0) is 22.1 Å². The fourth-order valence-electron chi connectivity index (χ4n) is 2.39. The van der Waals surface area contributed by atoms with E-state index in [9.17, 15) is 35.7 Å². The van der Waals surface area contributed by atoms with Crippen molar-refractivity contribution in [2.24, 2.45) is 0 Å². The van der Waals surface area contributed by atoms with Crippen LogP contribution < -0.4 is 5.32 Å². The Bertz CT molecular complexity index is 1100. The lowest BCUT2D eigenvalue weighted by atomic mass is 10.2. The van der Waals surface area contributed by atoms with Crippen LogP contribution >= 0.6 is 23.2 Å². The van der Waals surface area contributed by atoms with Crippen molar-refractivity contribution < 1.29 is 40.2 Å². The van der Waals surface area contributed by atoms with Gasteiger partial charge in [-0.2, -0.15) is 23.3 Å². The second kappa shape index (κ2) is 8.22. The van der Waals surface area contributed by atoms with E-state index in [4.69, 9.17) is 23.2 Å². The van der Waals surface area contributed by atoms with Gasteiger partial charge in [-0.3, -0.25) is 4.79 Å². The van der Waals surface area contributed by atoms with E-state index in [1.54, 1.807) is 0 Å². The highest BCUT2D eigenvalue weighted by Gasteiger charge is 2.51. The fourth-order valence-corrected chi connectivity index (χ4v) is 3.90. The Morgan fingerprint density at radius 1 is 1.16 bits per heavy atom. The Balaban J connectivity index is 2.35. The molecule has 2 aromatic heterocycles. The van der Waals surface area contributed by atoms with Crippen molar-refractivity contribution in [1.29, 1.82) is 0 Å². The fraction of sp³-hybridized carbons (Fsp3) is 0.143. The first-order chi connectivity index (χ1) is 14.4. The van der Waals surface area contributed by atoms with Crippen molar-refractivity contribution >= 4 is 46.6 Å². The molecule has 3 rings (SSSR count). The smallest absolute Gasteiger partial charge is 0.578 e. The second-order valence-corrected chi connectivity index (χ2v) is 7.68. The topological polar surface area (TPSA) is 109 Å². The van der Waals surface area contributed by atoms with E-state index >= 15 is 0 Å². The van der Waals surface area contributed by atoms with Crippen LogP contribution in [0.15, 0.2) is 27.9 Å². The summed E-state index contributed by atoms with van der Waals surface area (Å²) >= 11 is 8.00. The monoisotopic (exact) mass is 507 g/mol. The van der Waals surface area contributed by atoms with Crippen LogP contribution in [0.2, 0.25) is 10.0 Å². The van der Waals surface area contributed by atoms with E-state index in [1.165, 1.54) is 0 Å². The van der Waals surface area contributed by atoms with E-state index in [0.717, 1.165) is 6.39 Å². The summed E-state index contributed by atoms with van der Waals surface area (Å²) in [5.74, 6) is -1.39. The Kier molecular flexibility index (Phi) is 6.14. The Morgan fingerprint density at radius 2 is 1.77 bits per heavy atom. The first-order valence-electron chi connectivity index (χ1n) is 7.51. The van der Waals surface area contributed by atoms with Gasteiger partial charge in [0.25, 0.3) is 0 Å². The molecular weight excluding hydrogens is 503 g/mol. The van der Waals surface area contributed by atoms with Gasteiger partial charge >= 0.3 is 11.7 Å². The van der Waals surface area contributed by atoms with E-state index in [0.29, 0.717) is 16.8 Å². The summed E-state index contributed by atoms with van der Waals surface area (Å²) in [6.07, 6.45) is -4.17. The maximum absolute atomic E-state index is 13.2. The van der Waals surface area contributed by atoms with Crippen molar-refractivity contribution in [1.82, 2.24) is 19.9 Å². The average Bonchev–Trinajstić information content (AvgIpc) is 3.28. The lowest BCUT2D eigenvalue weighted by Crippen LogP contribution is -2.24. The normalized spacial score (nSPS) is 13.3. The third-order valence-corrected chi connectivity index (χ3v) is 5.32. The van der Waals surface area contributed by atoms with E-state index < -0.39 is 66.4 Å². The number of rotatable bonds is 5. The van der Waals surface area contributed by atoms with Crippen LogP contribution in [0.4, 0.5) is 32.2 Å². The van der Waals surface area contributed by atoms with Crippen molar-refractivity contribution in [3.8, 4) is 17.2 Å². The number of carbonyl (C=O) groups excluding carboxylic acids is 1. The molecule has 0 spiro atoms. The van der Waals surface area contributed by atoms with Crippen LogP contribution in [0.1, 0.15) is 5.56 Å². The van der Waals surface area contributed by atoms with Gasteiger partial charge in [-0.1, -0.05) is 28.4 Å². The maximum atomic E-state index is 13.2. The summed E-state index contributed by atoms with van der Waals surface area (Å²) in [4.78, 5) is 13.5. The average molecular weight is 508 g/mol. The molecule has 0 fully saturated rings. The van der Waals surface area contributed by atoms with Gasteiger partial charge in [-0.15, -0.1) is 13.2 Å². The molecule has 0 aliphatic rings. The zero-order valence-corrected chi connectivity index (χ0v) is 16.6. The zero-order valence-electron chi connectivity index (χ0n) is 14.3. The third kappa shape index (κ3) is 4.44. The molecule has 31 heavy (non-hydrogen) atoms. The van der Waals surface area contributed by atoms with Crippen LogP contribution in [0.3, 0.4) is 0 Å². The van der Waals surface area contributed by atoms with Gasteiger partial charge in [-0.05, 0) is 12.1 Å². The zero-order chi connectivity index (χ0) is 23.1. The molecule has 0 saturated carbocycles. The van der Waals surface area contributed by atoms with E-state index in [-0.39, 0.29) is 6.41 Å². The van der Waals surface area contributed by atoms with Gasteiger partial charge in [0.05, 0.1) is 15.6 Å². The molecule has 3 aromatic rings. The van der Waals surface area contributed by atoms with Crippen molar-refractivity contribution in [3.05, 3.63) is 34.1 Å². The molecule has 0 aliphatic carbocycles. The number of hydrogen-bond acceptors (Lipinski definition) is 6. The minimum Gasteiger partial charge on any atom is -0.604 e. The Hall–Kier alpha value is -2.49. The minimum atomic E-state index is -5.32. The first-order valence-corrected chi connectivity index (χ1v) is 9.42. The van der Waals surface area contributed by atoms with Crippen LogP contribution in [-0.4, -0.2) is 36.4 Å². The predicted octanol–water partition coefficient (Wildman–Crippen LogP) is 4.44. The first kappa shape index (κ1) is 23.2. The lowest BCUT2D eigenvalue weighted by molar-refractivity contribution is -0.137. The van der Waals surface area contributed by atoms with Gasteiger partial charge in [0, 0.05) is 0 Å². The summed E-state index contributed by atoms with van der Waals surface area (Å²) in [7, 11) is 0. The van der Waals surface area contributed by atoms with Gasteiger partial charge < -0.3 is 14.4 Å². The number of benzene rings is 1. The van der Waals surface area contributed by atoms with Crippen LogP contribution in [0.25, 0.3) is 17.2 Å². The molecule has 1 aromatic carbocycles. The Morgan fingerprint density at radius 3 is 2.23 bits per heavy atom. The van der Waals surface area contributed by atoms with E-state index in [1.807, 2.05) is 5.32 Å². The highest BCUT2D eigenvalue weighted by Crippen LogP contribution is 2.43. The summed E-state index contributed by atoms with van der Waals surface area (Å²) in [5, 5.41) is 7.59. The summed E-state index contributed by atoms with van der Waals surface area (Å²) in [6.45, 7) is 0. The molecule has 0 radical (unpaired) electrons. The number of alkyl halides is 6. The summed E-state index contributed by atoms with van der Waals surface area (Å²) in [5.41, 5.74) is -7.85. The van der Waals surface area contributed by atoms with Crippen molar-refractivity contribution in [2.75, 3.05) is 5.32 Å². The largest absolute Gasteiger partial charge is 0.604 e. The van der Waals surface area contributed by atoms with Crippen LogP contribution in [0.5, 0.6) is 0 Å². The molecule has 2 heterocycles. The van der Waals surface area contributed by atoms with Gasteiger partial charge in [0.1, 0.15) is 16.9 Å². The number of aromatic nitrogens is 4. The number of anilines is 1. The Labute approximate surface area is 180 Å². The lowest BCUT2D eigenvalue weighted by Gasteiger charge is -2.15. The molecule has 1 amide bonds. The second-order valence-electron chi connectivity index (χ2n) is 5.46. The molecule has 17 heteroatoms. The molecule has 1 N–H and O–H groups in total. The minimum absolute atomic E-state index is 0.0729. The molecule has 8 nitrogen and oxygen atoms in total. The standard InChI is InChI=1S/C14H5Cl2F6N5O3S/c15-6-1-5(13(17,18)19)2-7(16)9(6)27-12(23-3-28)10(31(29)14(20,21)22)8(25-27)11-24-4-30-26-11/h1-4H,(H,23,28).